The first kappa shape index (κ1) is 7.86. The van der Waals surface area contributed by atoms with E-state index in [0.717, 1.165) is 5.56 Å². The molecule has 2 aromatic rings. The summed E-state index contributed by atoms with van der Waals surface area (Å²) < 4.78 is 5.09. The van der Waals surface area contributed by atoms with Gasteiger partial charge < -0.3 is 9.52 Å². The first-order valence-electron chi connectivity index (χ1n) is 3.89. The smallest absolute Gasteiger partial charge is 0.196 e. The van der Waals surface area contributed by atoms with Crippen LogP contribution in [0.5, 0.6) is 5.75 Å². The average Bonchev–Trinajstić information content (AvgIpc) is 2.02. The van der Waals surface area contributed by atoms with E-state index in [1.807, 2.05) is 6.92 Å². The number of aromatic hydroxyl groups is 1. The molecule has 3 nitrogen and oxygen atoms in total. The molecule has 0 aliphatic carbocycles. The second kappa shape index (κ2) is 2.62. The fourth-order valence-electron chi connectivity index (χ4n) is 1.33. The van der Waals surface area contributed by atoms with Gasteiger partial charge in [0.05, 0.1) is 6.26 Å². The Hall–Kier alpha value is -1.77. The van der Waals surface area contributed by atoms with Crippen molar-refractivity contribution in [2.24, 2.45) is 0 Å². The Balaban J connectivity index is 3.03. The van der Waals surface area contributed by atoms with Crippen LogP contribution in [0.2, 0.25) is 0 Å². The van der Waals surface area contributed by atoms with E-state index in [9.17, 15) is 9.90 Å². The van der Waals surface area contributed by atoms with Crippen LogP contribution in [0.4, 0.5) is 0 Å². The van der Waals surface area contributed by atoms with Crippen LogP contribution in [-0.4, -0.2) is 5.11 Å². The van der Waals surface area contributed by atoms with Gasteiger partial charge in [-0.05, 0) is 24.6 Å². The Morgan fingerprint density at radius 3 is 2.92 bits per heavy atom. The van der Waals surface area contributed by atoms with E-state index in [1.54, 1.807) is 12.1 Å². The molecular weight excluding hydrogens is 168 g/mol. The van der Waals surface area contributed by atoms with Crippen LogP contribution >= 0.6 is 0 Å². The molecule has 1 N–H and O–H groups in total. The molecule has 0 saturated heterocycles. The Morgan fingerprint density at radius 2 is 2.15 bits per heavy atom. The molecule has 1 aromatic heterocycles. The molecule has 0 spiro atoms. The minimum atomic E-state index is -0.223. The predicted octanol–water partition coefficient (Wildman–Crippen LogP) is 1.81. The number of phenolic OH excluding ortho intramolecular Hbond substituents is 1. The molecule has 0 amide bonds. The number of aryl methyl sites for hydroxylation is 1. The van der Waals surface area contributed by atoms with E-state index in [4.69, 9.17) is 4.42 Å². The summed E-state index contributed by atoms with van der Waals surface area (Å²) in [5, 5.41) is 9.72. The van der Waals surface area contributed by atoms with Crippen molar-refractivity contribution in [2.75, 3.05) is 0 Å². The monoisotopic (exact) mass is 176 g/mol. The van der Waals surface area contributed by atoms with Crippen LogP contribution in [-0.2, 0) is 0 Å². The van der Waals surface area contributed by atoms with E-state index < -0.39 is 0 Å². The highest BCUT2D eigenvalue weighted by molar-refractivity contribution is 5.83. The molecule has 0 unspecified atom stereocenters. The lowest BCUT2D eigenvalue weighted by molar-refractivity contribution is 0.479. The van der Waals surface area contributed by atoms with E-state index in [1.165, 1.54) is 12.3 Å². The van der Waals surface area contributed by atoms with Gasteiger partial charge >= 0.3 is 0 Å². The SMILES string of the molecule is Cc1cc(O)c2c(=O)ccoc2c1. The van der Waals surface area contributed by atoms with Crippen LogP contribution in [0, 0.1) is 6.92 Å². The third kappa shape index (κ3) is 1.18. The predicted molar refractivity (Wildman–Crippen MR) is 48.9 cm³/mol. The number of hydrogen-bond acceptors (Lipinski definition) is 3. The molecule has 2 rings (SSSR count). The van der Waals surface area contributed by atoms with Gasteiger partial charge in [-0.15, -0.1) is 0 Å². The minimum absolute atomic E-state index is 0.0237. The van der Waals surface area contributed by atoms with Crippen molar-refractivity contribution in [3.8, 4) is 5.75 Å². The molecule has 0 aliphatic rings. The molecule has 1 heterocycles. The zero-order chi connectivity index (χ0) is 9.42. The molecule has 0 bridgehead atoms. The largest absolute Gasteiger partial charge is 0.507 e. The number of hydrogen-bond donors (Lipinski definition) is 1. The van der Waals surface area contributed by atoms with Gasteiger partial charge in [-0.25, -0.2) is 0 Å². The van der Waals surface area contributed by atoms with Crippen molar-refractivity contribution in [2.45, 2.75) is 6.92 Å². The van der Waals surface area contributed by atoms with E-state index in [0.29, 0.717) is 5.58 Å². The van der Waals surface area contributed by atoms with Gasteiger partial charge in [-0.1, -0.05) is 0 Å². The van der Waals surface area contributed by atoms with Crippen LogP contribution in [0.15, 0.2) is 33.7 Å². The van der Waals surface area contributed by atoms with E-state index in [2.05, 4.69) is 0 Å². The zero-order valence-electron chi connectivity index (χ0n) is 7.07. The van der Waals surface area contributed by atoms with Gasteiger partial charge in [0.1, 0.15) is 16.7 Å². The fourth-order valence-corrected chi connectivity index (χ4v) is 1.33. The van der Waals surface area contributed by atoms with Crippen LogP contribution < -0.4 is 5.43 Å². The molecule has 0 aliphatic heterocycles. The van der Waals surface area contributed by atoms with E-state index in [-0.39, 0.29) is 16.6 Å². The van der Waals surface area contributed by atoms with Gasteiger partial charge in [0.25, 0.3) is 0 Å². The average molecular weight is 176 g/mol. The standard InChI is InChI=1S/C10H8O3/c1-6-4-8(12)10-7(11)2-3-13-9(10)5-6/h2-5,12H,1H3. The summed E-state index contributed by atoms with van der Waals surface area (Å²) in [5.41, 5.74) is 1.06. The summed E-state index contributed by atoms with van der Waals surface area (Å²) in [6.45, 7) is 1.83. The van der Waals surface area contributed by atoms with Crippen LogP contribution in [0.3, 0.4) is 0 Å². The Kier molecular flexibility index (Phi) is 1.59. The summed E-state index contributed by atoms with van der Waals surface area (Å²) in [7, 11) is 0. The maximum absolute atomic E-state index is 11.3. The maximum Gasteiger partial charge on any atom is 0.196 e. The Morgan fingerprint density at radius 1 is 1.38 bits per heavy atom. The first-order valence-corrected chi connectivity index (χ1v) is 3.89. The maximum atomic E-state index is 11.3. The summed E-state index contributed by atoms with van der Waals surface area (Å²) >= 11 is 0. The number of benzene rings is 1. The number of fused-ring (bicyclic) bond motifs is 1. The second-order valence-corrected chi connectivity index (χ2v) is 2.94. The number of rotatable bonds is 0. The summed E-state index contributed by atoms with van der Waals surface area (Å²) in [6, 6.07) is 4.55. The molecule has 13 heavy (non-hydrogen) atoms. The molecule has 0 saturated carbocycles. The van der Waals surface area contributed by atoms with Crippen LogP contribution in [0.25, 0.3) is 11.0 Å². The quantitative estimate of drug-likeness (QED) is 0.665. The molecule has 3 heteroatoms. The molecule has 0 atom stereocenters. The van der Waals surface area contributed by atoms with Crippen molar-refractivity contribution in [3.63, 3.8) is 0 Å². The van der Waals surface area contributed by atoms with Crippen molar-refractivity contribution in [1.82, 2.24) is 0 Å². The van der Waals surface area contributed by atoms with Crippen molar-refractivity contribution < 1.29 is 9.52 Å². The topological polar surface area (TPSA) is 50.4 Å². The second-order valence-electron chi connectivity index (χ2n) is 2.94. The Bertz CT molecular complexity index is 511. The van der Waals surface area contributed by atoms with Gasteiger partial charge in [-0.3, -0.25) is 4.79 Å². The highest BCUT2D eigenvalue weighted by atomic mass is 16.3. The van der Waals surface area contributed by atoms with Gasteiger partial charge in [0.2, 0.25) is 0 Å². The normalized spacial score (nSPS) is 10.5. The first-order chi connectivity index (χ1) is 6.18. The van der Waals surface area contributed by atoms with Gasteiger partial charge in [0.15, 0.2) is 5.43 Å². The van der Waals surface area contributed by atoms with E-state index >= 15 is 0 Å². The highest BCUT2D eigenvalue weighted by Crippen LogP contribution is 2.22. The zero-order valence-corrected chi connectivity index (χ0v) is 7.07. The third-order valence-electron chi connectivity index (χ3n) is 1.89. The molecular formula is C10H8O3. The van der Waals surface area contributed by atoms with Gasteiger partial charge in [-0.2, -0.15) is 0 Å². The lowest BCUT2D eigenvalue weighted by Gasteiger charge is -1.99. The minimum Gasteiger partial charge on any atom is -0.507 e. The molecule has 0 fully saturated rings. The lowest BCUT2D eigenvalue weighted by atomic mass is 10.1. The number of phenols is 1. The molecule has 1 aromatic carbocycles. The lowest BCUT2D eigenvalue weighted by Crippen LogP contribution is -1.98. The summed E-state index contributed by atoms with van der Waals surface area (Å²) in [6.07, 6.45) is 1.32. The van der Waals surface area contributed by atoms with Crippen molar-refractivity contribution >= 4 is 11.0 Å². The Labute approximate surface area is 74.2 Å². The van der Waals surface area contributed by atoms with Crippen LogP contribution in [0.1, 0.15) is 5.56 Å². The summed E-state index contributed by atoms with van der Waals surface area (Å²) in [5.74, 6) is -0.0237. The summed E-state index contributed by atoms with van der Waals surface area (Å²) in [4.78, 5) is 11.3. The highest BCUT2D eigenvalue weighted by Gasteiger charge is 2.05. The fraction of sp³-hybridized carbons (Fsp3) is 0.100. The van der Waals surface area contributed by atoms with Crippen molar-refractivity contribution in [3.05, 3.63) is 40.2 Å². The molecule has 66 valence electrons. The third-order valence-corrected chi connectivity index (χ3v) is 1.89. The van der Waals surface area contributed by atoms with Gasteiger partial charge in [0, 0.05) is 6.07 Å². The van der Waals surface area contributed by atoms with Crippen molar-refractivity contribution in [1.29, 1.82) is 0 Å². The molecule has 0 radical (unpaired) electrons.